The topological polar surface area (TPSA) is 35.0 Å². The van der Waals surface area contributed by atoms with E-state index in [-0.39, 0.29) is 0 Å². The maximum Gasteiger partial charge on any atom is 0.207 e. The van der Waals surface area contributed by atoms with Crippen molar-refractivity contribution in [3.8, 4) is 0 Å². The normalized spacial score (nSPS) is 12.0. The summed E-state index contributed by atoms with van der Waals surface area (Å²) in [5.41, 5.74) is 0.318. The second kappa shape index (κ2) is 5.05. The second-order valence-corrected chi connectivity index (χ2v) is 5.96. The minimum atomic E-state index is 0.318. The van der Waals surface area contributed by atoms with Crippen LogP contribution in [0.3, 0.4) is 0 Å². The van der Waals surface area contributed by atoms with Crippen LogP contribution in [0.5, 0.6) is 0 Å². The van der Waals surface area contributed by atoms with E-state index in [1.54, 1.807) is 0 Å². The third-order valence-corrected chi connectivity index (χ3v) is 2.66. The van der Waals surface area contributed by atoms with Gasteiger partial charge in [0.2, 0.25) is 4.47 Å². The maximum absolute atomic E-state index is 5.64. The summed E-state index contributed by atoms with van der Waals surface area (Å²) >= 11 is 7.00. The highest BCUT2D eigenvalue weighted by molar-refractivity contribution is 7.15. The van der Waals surface area contributed by atoms with Crippen molar-refractivity contribution in [1.82, 2.24) is 10.2 Å². The quantitative estimate of drug-likeness (QED) is 0.751. The zero-order chi connectivity index (χ0) is 10.6. The molecule has 3 nitrogen and oxygen atoms in total. The van der Waals surface area contributed by atoms with Gasteiger partial charge in [0.25, 0.3) is 0 Å². The van der Waals surface area contributed by atoms with Gasteiger partial charge in [-0.05, 0) is 23.4 Å². The number of nitrogens with zero attached hydrogens (tertiary/aromatic N) is 2. The van der Waals surface area contributed by atoms with Crippen LogP contribution in [-0.2, 0) is 11.3 Å². The molecular weight excluding hydrogens is 220 g/mol. The fourth-order valence-corrected chi connectivity index (χ4v) is 1.63. The molecule has 0 saturated carbocycles. The largest absolute Gasteiger partial charge is 0.374 e. The van der Waals surface area contributed by atoms with E-state index in [4.69, 9.17) is 16.3 Å². The summed E-state index contributed by atoms with van der Waals surface area (Å²) in [5.74, 6) is 0. The molecule has 1 aromatic rings. The SMILES string of the molecule is CC(C)(C)CCOCc1nnc(Cl)s1. The first-order valence-corrected chi connectivity index (χ1v) is 5.72. The van der Waals surface area contributed by atoms with Crippen LogP contribution in [0.2, 0.25) is 4.47 Å². The van der Waals surface area contributed by atoms with Crippen LogP contribution in [0.25, 0.3) is 0 Å². The first-order valence-electron chi connectivity index (χ1n) is 4.53. The van der Waals surface area contributed by atoms with Crippen molar-refractivity contribution in [2.24, 2.45) is 5.41 Å². The molecule has 1 rings (SSSR count). The number of hydrogen-bond acceptors (Lipinski definition) is 4. The summed E-state index contributed by atoms with van der Waals surface area (Å²) in [6.07, 6.45) is 1.04. The van der Waals surface area contributed by atoms with Crippen molar-refractivity contribution < 1.29 is 4.74 Å². The molecule has 0 N–H and O–H groups in total. The molecule has 0 bridgehead atoms. The predicted molar refractivity (Wildman–Crippen MR) is 58.6 cm³/mol. The molecule has 0 aliphatic heterocycles. The summed E-state index contributed by atoms with van der Waals surface area (Å²) in [7, 11) is 0. The van der Waals surface area contributed by atoms with Crippen LogP contribution in [0, 0.1) is 5.41 Å². The molecule has 1 heterocycles. The molecule has 0 atom stereocenters. The van der Waals surface area contributed by atoms with Crippen LogP contribution in [0.15, 0.2) is 0 Å². The number of aromatic nitrogens is 2. The lowest BCUT2D eigenvalue weighted by Crippen LogP contribution is -2.09. The number of hydrogen-bond donors (Lipinski definition) is 0. The van der Waals surface area contributed by atoms with Crippen LogP contribution < -0.4 is 0 Å². The van der Waals surface area contributed by atoms with Gasteiger partial charge in [0.05, 0.1) is 0 Å². The Balaban J connectivity index is 2.16. The minimum absolute atomic E-state index is 0.318. The minimum Gasteiger partial charge on any atom is -0.374 e. The Kier molecular flexibility index (Phi) is 4.29. The average molecular weight is 235 g/mol. The summed E-state index contributed by atoms with van der Waals surface area (Å²) in [6, 6.07) is 0. The van der Waals surface area contributed by atoms with E-state index in [2.05, 4.69) is 31.0 Å². The molecule has 0 spiro atoms. The Hall–Kier alpha value is -0.190. The Labute approximate surface area is 93.5 Å². The monoisotopic (exact) mass is 234 g/mol. The molecule has 0 aliphatic rings. The number of rotatable bonds is 4. The van der Waals surface area contributed by atoms with E-state index >= 15 is 0 Å². The Morgan fingerprint density at radius 2 is 2.07 bits per heavy atom. The summed E-state index contributed by atoms with van der Waals surface area (Å²) in [6.45, 7) is 7.84. The molecule has 0 radical (unpaired) electrons. The molecule has 80 valence electrons. The maximum atomic E-state index is 5.64. The van der Waals surface area contributed by atoms with E-state index < -0.39 is 0 Å². The molecule has 14 heavy (non-hydrogen) atoms. The third kappa shape index (κ3) is 4.88. The molecule has 5 heteroatoms. The van der Waals surface area contributed by atoms with Crippen LogP contribution in [-0.4, -0.2) is 16.8 Å². The zero-order valence-corrected chi connectivity index (χ0v) is 10.3. The highest BCUT2D eigenvalue weighted by Gasteiger charge is 2.09. The van der Waals surface area contributed by atoms with Crippen molar-refractivity contribution in [2.75, 3.05) is 6.61 Å². The zero-order valence-electron chi connectivity index (χ0n) is 8.71. The van der Waals surface area contributed by atoms with Gasteiger partial charge in [-0.3, -0.25) is 0 Å². The van der Waals surface area contributed by atoms with Gasteiger partial charge in [0, 0.05) is 6.61 Å². The highest BCUT2D eigenvalue weighted by atomic mass is 35.5. The van der Waals surface area contributed by atoms with E-state index in [0.29, 0.717) is 16.5 Å². The first kappa shape index (κ1) is 11.9. The first-order chi connectivity index (χ1) is 6.47. The molecule has 0 unspecified atom stereocenters. The molecule has 0 aromatic carbocycles. The Morgan fingerprint density at radius 3 is 2.57 bits per heavy atom. The van der Waals surface area contributed by atoms with Crippen molar-refractivity contribution in [2.45, 2.75) is 33.8 Å². The molecule has 0 amide bonds. The summed E-state index contributed by atoms with van der Waals surface area (Å²) in [5, 5.41) is 8.40. The molecular formula is C9H15ClN2OS. The van der Waals surface area contributed by atoms with E-state index in [0.717, 1.165) is 18.0 Å². The number of halogens is 1. The van der Waals surface area contributed by atoms with E-state index in [9.17, 15) is 0 Å². The predicted octanol–water partition coefficient (Wildman–Crippen LogP) is 3.14. The Morgan fingerprint density at radius 1 is 1.36 bits per heavy atom. The number of ether oxygens (including phenoxy) is 1. The van der Waals surface area contributed by atoms with E-state index in [1.165, 1.54) is 11.3 Å². The van der Waals surface area contributed by atoms with Gasteiger partial charge in [-0.1, -0.05) is 32.1 Å². The van der Waals surface area contributed by atoms with Gasteiger partial charge in [0.15, 0.2) is 0 Å². The van der Waals surface area contributed by atoms with Gasteiger partial charge < -0.3 is 4.74 Å². The lowest BCUT2D eigenvalue weighted by molar-refractivity contribution is 0.0957. The summed E-state index contributed by atoms with van der Waals surface area (Å²) in [4.78, 5) is 0. The van der Waals surface area contributed by atoms with Crippen LogP contribution in [0.4, 0.5) is 0 Å². The van der Waals surface area contributed by atoms with Gasteiger partial charge in [-0.2, -0.15) is 0 Å². The van der Waals surface area contributed by atoms with Crippen LogP contribution >= 0.6 is 22.9 Å². The average Bonchev–Trinajstić information content (AvgIpc) is 2.44. The van der Waals surface area contributed by atoms with Crippen molar-refractivity contribution in [3.05, 3.63) is 9.47 Å². The van der Waals surface area contributed by atoms with Gasteiger partial charge in [0.1, 0.15) is 11.6 Å². The van der Waals surface area contributed by atoms with Gasteiger partial charge in [-0.15, -0.1) is 10.2 Å². The van der Waals surface area contributed by atoms with Crippen LogP contribution in [0.1, 0.15) is 32.2 Å². The lowest BCUT2D eigenvalue weighted by Gasteiger charge is -2.17. The molecule has 0 aliphatic carbocycles. The highest BCUT2D eigenvalue weighted by Crippen LogP contribution is 2.19. The molecule has 0 saturated heterocycles. The van der Waals surface area contributed by atoms with Gasteiger partial charge >= 0.3 is 0 Å². The third-order valence-electron chi connectivity index (χ3n) is 1.66. The fraction of sp³-hybridized carbons (Fsp3) is 0.778. The van der Waals surface area contributed by atoms with Crippen molar-refractivity contribution >= 4 is 22.9 Å². The molecule has 1 aromatic heterocycles. The fourth-order valence-electron chi connectivity index (χ4n) is 0.829. The van der Waals surface area contributed by atoms with Gasteiger partial charge in [-0.25, -0.2) is 0 Å². The standard InChI is InChI=1S/C9H15ClN2OS/c1-9(2,3)4-5-13-6-7-11-12-8(10)14-7/h4-6H2,1-3H3. The Bertz CT molecular complexity index is 283. The summed E-state index contributed by atoms with van der Waals surface area (Å²) < 4.78 is 5.93. The smallest absolute Gasteiger partial charge is 0.207 e. The van der Waals surface area contributed by atoms with Crippen molar-refractivity contribution in [3.63, 3.8) is 0 Å². The second-order valence-electron chi connectivity index (χ2n) is 4.31. The van der Waals surface area contributed by atoms with E-state index in [1.807, 2.05) is 0 Å². The molecule has 0 fully saturated rings. The lowest BCUT2D eigenvalue weighted by atomic mass is 9.93. The van der Waals surface area contributed by atoms with Crippen molar-refractivity contribution in [1.29, 1.82) is 0 Å².